The summed E-state index contributed by atoms with van der Waals surface area (Å²) >= 11 is 5.86. The molecule has 1 heterocycles. The van der Waals surface area contributed by atoms with Crippen LogP contribution in [0, 0.1) is 6.92 Å². The summed E-state index contributed by atoms with van der Waals surface area (Å²) in [6.07, 6.45) is 1.18. The minimum absolute atomic E-state index is 0.00953. The van der Waals surface area contributed by atoms with E-state index >= 15 is 0 Å². The summed E-state index contributed by atoms with van der Waals surface area (Å²) in [6.45, 7) is 1.62. The van der Waals surface area contributed by atoms with E-state index in [1.165, 1.54) is 24.4 Å². The normalized spacial score (nSPS) is 11.3. The molecule has 9 heteroatoms. The number of benzene rings is 1. The van der Waals surface area contributed by atoms with Crippen LogP contribution in [0.1, 0.15) is 16.2 Å². The van der Waals surface area contributed by atoms with Gasteiger partial charge in [-0.2, -0.15) is 8.42 Å². The van der Waals surface area contributed by atoms with Gasteiger partial charge in [0.2, 0.25) is 0 Å². The van der Waals surface area contributed by atoms with Crippen molar-refractivity contribution in [1.29, 1.82) is 0 Å². The number of carboxylic acids is 1. The van der Waals surface area contributed by atoms with Crippen LogP contribution in [0.3, 0.4) is 0 Å². The van der Waals surface area contributed by atoms with Crippen molar-refractivity contribution in [2.24, 2.45) is 0 Å². The van der Waals surface area contributed by atoms with Crippen molar-refractivity contribution in [3.8, 4) is 0 Å². The van der Waals surface area contributed by atoms with Crippen LogP contribution in [0.2, 0.25) is 5.02 Å². The predicted octanol–water partition coefficient (Wildman–Crippen LogP) is 1.87. The molecular formula is C11H10ClN3O4S. The molecule has 1 aromatic heterocycles. The van der Waals surface area contributed by atoms with E-state index < -0.39 is 16.0 Å². The average molecular weight is 316 g/mol. The van der Waals surface area contributed by atoms with Crippen molar-refractivity contribution in [1.82, 2.24) is 9.97 Å². The number of aryl methyl sites for hydroxylation is 1. The molecule has 0 saturated heterocycles. The van der Waals surface area contributed by atoms with Crippen LogP contribution in [0.4, 0.5) is 5.69 Å². The molecule has 0 aliphatic heterocycles. The molecule has 0 amide bonds. The Bertz CT molecular complexity index is 770. The number of aromatic nitrogens is 2. The van der Waals surface area contributed by atoms with Gasteiger partial charge in [-0.1, -0.05) is 11.6 Å². The van der Waals surface area contributed by atoms with Crippen molar-refractivity contribution in [2.75, 3.05) is 4.72 Å². The monoisotopic (exact) mass is 315 g/mol. The van der Waals surface area contributed by atoms with Gasteiger partial charge in [-0.15, -0.1) is 0 Å². The standard InChI is InChI=1S/C11H10ClN3O4S/c1-6-13-5-10(14-6)20(18,19)15-9-3-2-7(11(16)17)4-8(9)12/h2-5,15H,1H3,(H,13,14)(H,16,17). The van der Waals surface area contributed by atoms with Gasteiger partial charge >= 0.3 is 5.97 Å². The van der Waals surface area contributed by atoms with E-state index in [1.54, 1.807) is 6.92 Å². The summed E-state index contributed by atoms with van der Waals surface area (Å²) < 4.78 is 26.3. The Morgan fingerprint density at radius 2 is 2.15 bits per heavy atom. The Balaban J connectivity index is 2.32. The summed E-state index contributed by atoms with van der Waals surface area (Å²) in [5.74, 6) is -0.691. The lowest BCUT2D eigenvalue weighted by molar-refractivity contribution is 0.0697. The number of halogens is 1. The maximum Gasteiger partial charge on any atom is 0.335 e. The topological polar surface area (TPSA) is 112 Å². The number of hydrogen-bond donors (Lipinski definition) is 3. The van der Waals surface area contributed by atoms with Crippen molar-refractivity contribution in [3.63, 3.8) is 0 Å². The first-order valence-corrected chi connectivity index (χ1v) is 7.23. The number of aromatic carboxylic acids is 1. The number of nitrogens with zero attached hydrogens (tertiary/aromatic N) is 1. The van der Waals surface area contributed by atoms with E-state index in [-0.39, 0.29) is 21.3 Å². The zero-order chi connectivity index (χ0) is 14.9. The molecule has 20 heavy (non-hydrogen) atoms. The van der Waals surface area contributed by atoms with Gasteiger partial charge in [-0.05, 0) is 25.1 Å². The van der Waals surface area contributed by atoms with E-state index in [4.69, 9.17) is 16.7 Å². The third-order valence-corrected chi connectivity index (χ3v) is 4.02. The number of imidazole rings is 1. The number of sulfonamides is 1. The van der Waals surface area contributed by atoms with Gasteiger partial charge in [0.15, 0.2) is 5.03 Å². The molecule has 0 radical (unpaired) electrons. The summed E-state index contributed by atoms with van der Waals surface area (Å²) in [4.78, 5) is 17.1. The summed E-state index contributed by atoms with van der Waals surface area (Å²) in [5, 5.41) is 8.69. The van der Waals surface area contributed by atoms with Gasteiger partial charge in [-0.3, -0.25) is 4.72 Å². The Morgan fingerprint density at radius 1 is 1.45 bits per heavy atom. The van der Waals surface area contributed by atoms with Crippen LogP contribution in [-0.2, 0) is 10.0 Å². The van der Waals surface area contributed by atoms with E-state index in [1.807, 2.05) is 0 Å². The zero-order valence-electron chi connectivity index (χ0n) is 10.2. The number of nitrogens with one attached hydrogen (secondary N) is 2. The second-order valence-electron chi connectivity index (χ2n) is 3.94. The van der Waals surface area contributed by atoms with E-state index in [0.29, 0.717) is 5.82 Å². The Kier molecular flexibility index (Phi) is 3.69. The zero-order valence-corrected chi connectivity index (χ0v) is 11.8. The fourth-order valence-corrected chi connectivity index (χ4v) is 2.80. The molecule has 0 unspecified atom stereocenters. The highest BCUT2D eigenvalue weighted by Gasteiger charge is 2.18. The minimum Gasteiger partial charge on any atom is -0.478 e. The van der Waals surface area contributed by atoms with E-state index in [2.05, 4.69) is 14.7 Å². The molecule has 0 saturated carbocycles. The predicted molar refractivity (Wildman–Crippen MR) is 72.5 cm³/mol. The summed E-state index contributed by atoms with van der Waals surface area (Å²) in [7, 11) is -3.85. The molecule has 106 valence electrons. The molecule has 7 nitrogen and oxygen atoms in total. The van der Waals surface area contributed by atoms with Gasteiger partial charge in [0.1, 0.15) is 5.82 Å². The number of hydrogen-bond acceptors (Lipinski definition) is 4. The largest absolute Gasteiger partial charge is 0.478 e. The fourth-order valence-electron chi connectivity index (χ4n) is 1.47. The maximum atomic E-state index is 12.0. The highest BCUT2D eigenvalue weighted by atomic mass is 35.5. The second kappa shape index (κ2) is 5.14. The molecule has 2 rings (SSSR count). The quantitative estimate of drug-likeness (QED) is 0.797. The Hall–Kier alpha value is -2.06. The van der Waals surface area contributed by atoms with Gasteiger partial charge in [0, 0.05) is 0 Å². The smallest absolute Gasteiger partial charge is 0.335 e. The first-order valence-electron chi connectivity index (χ1n) is 5.37. The molecule has 1 aromatic carbocycles. The molecule has 0 bridgehead atoms. The number of H-pyrrole nitrogens is 1. The highest BCUT2D eigenvalue weighted by Crippen LogP contribution is 2.25. The highest BCUT2D eigenvalue weighted by molar-refractivity contribution is 7.92. The lowest BCUT2D eigenvalue weighted by Gasteiger charge is -2.08. The number of rotatable bonds is 4. The number of carbonyl (C=O) groups is 1. The Morgan fingerprint density at radius 3 is 2.65 bits per heavy atom. The van der Waals surface area contributed by atoms with Crippen LogP contribution in [-0.4, -0.2) is 29.5 Å². The molecular weight excluding hydrogens is 306 g/mol. The maximum absolute atomic E-state index is 12.0. The number of aromatic amines is 1. The van der Waals surface area contributed by atoms with Crippen molar-refractivity contribution >= 4 is 33.3 Å². The first-order chi connectivity index (χ1) is 9.29. The summed E-state index contributed by atoms with van der Waals surface area (Å²) in [5.41, 5.74) is 0.0549. The Labute approximate surface area is 119 Å². The first kappa shape index (κ1) is 14.4. The molecule has 3 N–H and O–H groups in total. The van der Waals surface area contributed by atoms with Gasteiger partial charge in [-0.25, -0.2) is 9.78 Å². The van der Waals surface area contributed by atoms with Crippen molar-refractivity contribution in [2.45, 2.75) is 11.9 Å². The lowest BCUT2D eigenvalue weighted by Crippen LogP contribution is -2.14. The van der Waals surface area contributed by atoms with E-state index in [0.717, 1.165) is 0 Å². The number of anilines is 1. The van der Waals surface area contributed by atoms with Crippen molar-refractivity contribution in [3.05, 3.63) is 40.8 Å². The molecule has 0 fully saturated rings. The minimum atomic E-state index is -3.85. The van der Waals surface area contributed by atoms with Crippen LogP contribution < -0.4 is 4.72 Å². The average Bonchev–Trinajstić information content (AvgIpc) is 2.79. The van der Waals surface area contributed by atoms with Gasteiger partial charge in [0.05, 0.1) is 22.5 Å². The van der Waals surface area contributed by atoms with Crippen molar-refractivity contribution < 1.29 is 18.3 Å². The molecule has 0 aliphatic rings. The summed E-state index contributed by atoms with van der Waals surface area (Å²) in [6, 6.07) is 3.71. The van der Waals surface area contributed by atoms with Gasteiger partial charge in [0.25, 0.3) is 10.0 Å². The lowest BCUT2D eigenvalue weighted by atomic mass is 10.2. The SMILES string of the molecule is Cc1ncc(S(=O)(=O)Nc2ccc(C(=O)O)cc2Cl)[nH]1. The number of carboxylic acid groups (broad SMARTS) is 1. The van der Waals surface area contributed by atoms with E-state index in [9.17, 15) is 13.2 Å². The second-order valence-corrected chi connectivity index (χ2v) is 6.00. The molecule has 0 aliphatic carbocycles. The molecule has 0 atom stereocenters. The fraction of sp³-hybridized carbons (Fsp3) is 0.0909. The molecule has 2 aromatic rings. The third kappa shape index (κ3) is 2.91. The third-order valence-electron chi connectivity index (χ3n) is 2.43. The van der Waals surface area contributed by atoms with Crippen LogP contribution >= 0.6 is 11.6 Å². The van der Waals surface area contributed by atoms with Gasteiger partial charge < -0.3 is 10.1 Å². The van der Waals surface area contributed by atoms with Crippen LogP contribution in [0.5, 0.6) is 0 Å². The van der Waals surface area contributed by atoms with Crippen LogP contribution in [0.25, 0.3) is 0 Å². The molecule has 0 spiro atoms. The van der Waals surface area contributed by atoms with Crippen LogP contribution in [0.15, 0.2) is 29.4 Å².